The third kappa shape index (κ3) is 2.12. The quantitative estimate of drug-likeness (QED) is 0.585. The average Bonchev–Trinajstić information content (AvgIpc) is 2.06. The van der Waals surface area contributed by atoms with Crippen LogP contribution in [0.15, 0.2) is 30.3 Å². The van der Waals surface area contributed by atoms with Crippen LogP contribution in [0, 0.1) is 0 Å². The first kappa shape index (κ1) is 10.3. The monoisotopic (exact) mass is 216 g/mol. The largest absolute Gasteiger partial charge is 0.137 e. The average molecular weight is 216 g/mol. The van der Waals surface area contributed by atoms with Crippen molar-refractivity contribution in [3.63, 3.8) is 0 Å². The maximum absolute atomic E-state index is 5.51. The number of benzene rings is 1. The molecule has 0 heterocycles. The van der Waals surface area contributed by atoms with Crippen LogP contribution < -0.4 is 5.30 Å². The van der Waals surface area contributed by atoms with Crippen LogP contribution in [0.5, 0.6) is 0 Å². The van der Waals surface area contributed by atoms with E-state index in [1.165, 1.54) is 5.30 Å². The molecule has 1 aromatic carbocycles. The van der Waals surface area contributed by atoms with Gasteiger partial charge in [0.15, 0.2) is 0 Å². The summed E-state index contributed by atoms with van der Waals surface area (Å²) in [5.41, 5.74) is 0.471. The van der Waals surface area contributed by atoms with Crippen LogP contribution >= 0.6 is 17.5 Å². The molecule has 0 aliphatic heterocycles. The van der Waals surface area contributed by atoms with E-state index >= 15 is 0 Å². The minimum absolute atomic E-state index is 0.471. The van der Waals surface area contributed by atoms with Gasteiger partial charge in [0.05, 0.1) is 0 Å². The zero-order valence-electron chi connectivity index (χ0n) is 7.27. The van der Waals surface area contributed by atoms with Gasteiger partial charge in [0.25, 0.3) is 0 Å². The fourth-order valence-electron chi connectivity index (χ4n) is 0.940. The minimum atomic E-state index is -1.59. The first-order valence-corrected chi connectivity index (χ1v) is 7.95. The summed E-state index contributed by atoms with van der Waals surface area (Å²) in [6.45, 7) is 4.28. The highest BCUT2D eigenvalue weighted by atomic mass is 32.9. The van der Waals surface area contributed by atoms with Crippen LogP contribution in [0.25, 0.3) is 0 Å². The zero-order valence-corrected chi connectivity index (χ0v) is 9.87. The van der Waals surface area contributed by atoms with Crippen molar-refractivity contribution in [1.29, 1.82) is 0 Å². The summed E-state index contributed by atoms with van der Waals surface area (Å²) in [5.74, 6) is 0. The van der Waals surface area contributed by atoms with E-state index in [4.69, 9.17) is 11.8 Å². The van der Waals surface area contributed by atoms with Gasteiger partial charge in [-0.05, 0) is 11.0 Å². The van der Waals surface area contributed by atoms with Crippen molar-refractivity contribution >= 4 is 34.6 Å². The Labute approximate surface area is 84.5 Å². The maximum Gasteiger partial charge on any atom is 0.0332 e. The van der Waals surface area contributed by atoms with Gasteiger partial charge in [0.2, 0.25) is 0 Å². The number of hydrogen-bond donors (Lipinski definition) is 1. The fraction of sp³-hybridized carbons (Fsp3) is 0.333. The van der Waals surface area contributed by atoms with Gasteiger partial charge in [-0.2, -0.15) is 0 Å². The van der Waals surface area contributed by atoms with E-state index in [0.717, 1.165) is 0 Å². The summed E-state index contributed by atoms with van der Waals surface area (Å²) < 4.78 is 0. The lowest BCUT2D eigenvalue weighted by Gasteiger charge is -2.19. The third-order valence-electron chi connectivity index (χ3n) is 1.83. The number of thiol groups is 1. The van der Waals surface area contributed by atoms with Crippen LogP contribution in [0.4, 0.5) is 0 Å². The lowest BCUT2D eigenvalue weighted by Crippen LogP contribution is -2.06. The van der Waals surface area contributed by atoms with Crippen LogP contribution in [0.1, 0.15) is 13.8 Å². The van der Waals surface area contributed by atoms with Crippen molar-refractivity contribution in [3.8, 4) is 0 Å². The Bertz CT molecular complexity index is 293. The first-order valence-electron chi connectivity index (χ1n) is 3.93. The molecule has 1 rings (SSSR count). The van der Waals surface area contributed by atoms with E-state index in [1.807, 2.05) is 18.2 Å². The molecule has 0 saturated carbocycles. The Morgan fingerprint density at radius 1 is 1.25 bits per heavy atom. The lowest BCUT2D eigenvalue weighted by atomic mass is 10.4. The molecule has 0 aliphatic rings. The summed E-state index contributed by atoms with van der Waals surface area (Å²) in [5, 5.41) is -0.368. The number of hydrogen-bond acceptors (Lipinski definition) is 1. The first-order chi connectivity index (χ1) is 5.55. The summed E-state index contributed by atoms with van der Waals surface area (Å²) in [6, 6.07) is 10.2. The van der Waals surface area contributed by atoms with Crippen molar-refractivity contribution in [1.82, 2.24) is 0 Å². The van der Waals surface area contributed by atoms with E-state index < -0.39 is 5.24 Å². The molecule has 0 bridgehead atoms. The van der Waals surface area contributed by atoms with Gasteiger partial charge in [-0.3, -0.25) is 0 Å². The van der Waals surface area contributed by atoms with Crippen molar-refractivity contribution in [2.45, 2.75) is 19.5 Å². The Hall–Kier alpha value is 0.220. The molecule has 0 aromatic heterocycles. The molecule has 0 nitrogen and oxygen atoms in total. The molecule has 0 spiro atoms. The second kappa shape index (κ2) is 3.95. The Morgan fingerprint density at radius 3 is 2.17 bits per heavy atom. The Kier molecular flexibility index (Phi) is 3.39. The number of rotatable bonds is 2. The van der Waals surface area contributed by atoms with Gasteiger partial charge >= 0.3 is 0 Å². The van der Waals surface area contributed by atoms with Crippen molar-refractivity contribution < 1.29 is 0 Å². The molecule has 0 saturated heterocycles. The highest BCUT2D eigenvalue weighted by Gasteiger charge is 2.17. The van der Waals surface area contributed by atoms with Gasteiger partial charge in [0, 0.05) is 5.24 Å². The smallest absolute Gasteiger partial charge is 0.0332 e. The standard InChI is InChI=1S/C9H13PS2/c1-8(2)10(11,12)9-6-4-3-5-7-9/h3-8H,1-2H3,(H,11,12). The van der Waals surface area contributed by atoms with Gasteiger partial charge in [-0.15, -0.1) is 12.2 Å². The fourth-order valence-corrected chi connectivity index (χ4v) is 2.90. The summed E-state index contributed by atoms with van der Waals surface area (Å²) in [4.78, 5) is 0. The molecule has 0 N–H and O–H groups in total. The molecule has 1 aromatic rings. The normalized spacial score (nSPS) is 16.0. The van der Waals surface area contributed by atoms with Gasteiger partial charge in [0.1, 0.15) is 0 Å². The molecule has 3 heteroatoms. The van der Waals surface area contributed by atoms with Crippen LogP contribution in [-0.2, 0) is 11.8 Å². The van der Waals surface area contributed by atoms with Crippen LogP contribution in [0.3, 0.4) is 0 Å². The molecule has 0 fully saturated rings. The van der Waals surface area contributed by atoms with E-state index in [9.17, 15) is 0 Å². The maximum atomic E-state index is 5.51. The molecule has 12 heavy (non-hydrogen) atoms. The molecule has 0 aliphatic carbocycles. The highest BCUT2D eigenvalue weighted by Crippen LogP contribution is 2.54. The third-order valence-corrected chi connectivity index (χ3v) is 8.24. The SMILES string of the molecule is CC(C)P(=S)(S)c1ccccc1. The van der Waals surface area contributed by atoms with Gasteiger partial charge < -0.3 is 0 Å². The van der Waals surface area contributed by atoms with Crippen LogP contribution in [0.2, 0.25) is 0 Å². The predicted molar refractivity (Wildman–Crippen MR) is 64.5 cm³/mol. The van der Waals surface area contributed by atoms with E-state index in [-0.39, 0.29) is 0 Å². The molecule has 0 radical (unpaired) electrons. The van der Waals surface area contributed by atoms with Crippen molar-refractivity contribution in [2.75, 3.05) is 0 Å². The summed E-state index contributed by atoms with van der Waals surface area (Å²) in [7, 11) is 0. The van der Waals surface area contributed by atoms with Crippen molar-refractivity contribution in [2.24, 2.45) is 0 Å². The molecule has 1 unspecified atom stereocenters. The topological polar surface area (TPSA) is 0 Å². The molecule has 1 atom stereocenters. The molecular formula is C9H13PS2. The molecule has 0 amide bonds. The molecular weight excluding hydrogens is 203 g/mol. The van der Waals surface area contributed by atoms with Crippen LogP contribution in [-0.4, -0.2) is 5.66 Å². The summed E-state index contributed by atoms with van der Waals surface area (Å²) >= 11 is 10.1. The van der Waals surface area contributed by atoms with E-state index in [2.05, 4.69) is 38.2 Å². The zero-order chi connectivity index (χ0) is 9.19. The lowest BCUT2D eigenvalue weighted by molar-refractivity contribution is 1.11. The Balaban J connectivity index is 3.07. The van der Waals surface area contributed by atoms with Gasteiger partial charge in [-0.25, -0.2) is 0 Å². The van der Waals surface area contributed by atoms with Gasteiger partial charge in [-0.1, -0.05) is 56.0 Å². The highest BCUT2D eigenvalue weighted by molar-refractivity contribution is 8.66. The minimum Gasteiger partial charge on any atom is -0.137 e. The second-order valence-corrected chi connectivity index (χ2v) is 10.3. The molecule has 66 valence electrons. The predicted octanol–water partition coefficient (Wildman–Crippen LogP) is 3.04. The summed E-state index contributed by atoms with van der Waals surface area (Å²) in [6.07, 6.45) is 0. The van der Waals surface area contributed by atoms with E-state index in [1.54, 1.807) is 0 Å². The van der Waals surface area contributed by atoms with Crippen molar-refractivity contribution in [3.05, 3.63) is 30.3 Å². The van der Waals surface area contributed by atoms with E-state index in [0.29, 0.717) is 5.66 Å². The Morgan fingerprint density at radius 2 is 1.75 bits per heavy atom. The second-order valence-electron chi connectivity index (χ2n) is 3.05.